The van der Waals surface area contributed by atoms with Gasteiger partial charge in [-0.2, -0.15) is 0 Å². The minimum absolute atomic E-state index is 1.11. The van der Waals surface area contributed by atoms with Crippen LogP contribution >= 0.6 is 0 Å². The first kappa shape index (κ1) is 23.9. The van der Waals surface area contributed by atoms with Gasteiger partial charge in [-0.25, -0.2) is 0 Å². The first-order valence-corrected chi connectivity index (χ1v) is 13.4. The molecule has 182 valence electrons. The molecule has 36 heavy (non-hydrogen) atoms. The molecule has 2 heteroatoms. The van der Waals surface area contributed by atoms with Crippen molar-refractivity contribution in [3.05, 3.63) is 108 Å². The lowest BCUT2D eigenvalue weighted by Crippen LogP contribution is -2.01. The molecule has 0 aromatic heterocycles. The second-order valence-electron chi connectivity index (χ2n) is 9.69. The number of hydrogen-bond donors (Lipinski definition) is 2. The zero-order valence-electron chi connectivity index (χ0n) is 21.5. The SMILES string of the molecule is CCCCc1ccc(Nc2c(Nc3ccc(CCCC)cc3)c3ccccc3c3ccccc23)cc1. The van der Waals surface area contributed by atoms with Gasteiger partial charge in [-0.1, -0.05) is 99.5 Å². The summed E-state index contributed by atoms with van der Waals surface area (Å²) in [6.07, 6.45) is 7.17. The predicted molar refractivity (Wildman–Crippen MR) is 158 cm³/mol. The van der Waals surface area contributed by atoms with E-state index in [1.165, 1.54) is 58.4 Å². The first-order chi connectivity index (χ1) is 17.8. The first-order valence-electron chi connectivity index (χ1n) is 13.4. The van der Waals surface area contributed by atoms with Crippen LogP contribution in [0.4, 0.5) is 22.7 Å². The molecule has 0 bridgehead atoms. The zero-order chi connectivity index (χ0) is 24.7. The quantitative estimate of drug-likeness (QED) is 0.156. The lowest BCUT2D eigenvalue weighted by atomic mass is 9.97. The van der Waals surface area contributed by atoms with Crippen molar-refractivity contribution < 1.29 is 0 Å². The van der Waals surface area contributed by atoms with Gasteiger partial charge in [0.2, 0.25) is 0 Å². The molecule has 0 radical (unpaired) electrons. The van der Waals surface area contributed by atoms with Crippen molar-refractivity contribution in [1.29, 1.82) is 0 Å². The van der Waals surface area contributed by atoms with Gasteiger partial charge in [0.05, 0.1) is 11.4 Å². The molecule has 0 aliphatic rings. The van der Waals surface area contributed by atoms with Gasteiger partial charge in [0.25, 0.3) is 0 Å². The van der Waals surface area contributed by atoms with Crippen molar-refractivity contribution in [1.82, 2.24) is 0 Å². The lowest BCUT2D eigenvalue weighted by molar-refractivity contribution is 0.795. The van der Waals surface area contributed by atoms with Gasteiger partial charge in [0, 0.05) is 22.1 Å². The lowest BCUT2D eigenvalue weighted by Gasteiger charge is -2.20. The van der Waals surface area contributed by atoms with Crippen LogP contribution in [0.25, 0.3) is 21.5 Å². The largest absolute Gasteiger partial charge is 0.353 e. The van der Waals surface area contributed by atoms with Gasteiger partial charge >= 0.3 is 0 Å². The van der Waals surface area contributed by atoms with Crippen molar-refractivity contribution in [2.75, 3.05) is 10.6 Å². The van der Waals surface area contributed by atoms with E-state index in [9.17, 15) is 0 Å². The Morgan fingerprint density at radius 3 is 1.17 bits per heavy atom. The van der Waals surface area contributed by atoms with E-state index in [1.807, 2.05) is 0 Å². The molecule has 0 saturated carbocycles. The number of unbranched alkanes of at least 4 members (excludes halogenated alkanes) is 2. The van der Waals surface area contributed by atoms with Crippen LogP contribution in [0.2, 0.25) is 0 Å². The van der Waals surface area contributed by atoms with E-state index in [1.54, 1.807) is 0 Å². The number of rotatable bonds is 10. The summed E-state index contributed by atoms with van der Waals surface area (Å²) in [5.74, 6) is 0. The Balaban J connectivity index is 1.58. The van der Waals surface area contributed by atoms with Crippen molar-refractivity contribution >= 4 is 44.3 Å². The molecular formula is C34H36N2. The minimum atomic E-state index is 1.11. The molecule has 0 aliphatic heterocycles. The van der Waals surface area contributed by atoms with Crippen LogP contribution in [0.1, 0.15) is 50.7 Å². The monoisotopic (exact) mass is 472 g/mol. The highest BCUT2D eigenvalue weighted by atomic mass is 15.0. The fraction of sp³-hybridized carbons (Fsp3) is 0.235. The molecule has 0 unspecified atom stereocenters. The van der Waals surface area contributed by atoms with Crippen LogP contribution in [0.15, 0.2) is 97.1 Å². The summed E-state index contributed by atoms with van der Waals surface area (Å²) < 4.78 is 0. The van der Waals surface area contributed by atoms with E-state index >= 15 is 0 Å². The van der Waals surface area contributed by atoms with Crippen molar-refractivity contribution in [3.63, 3.8) is 0 Å². The van der Waals surface area contributed by atoms with Gasteiger partial charge in [-0.15, -0.1) is 0 Å². The smallest absolute Gasteiger partial charge is 0.0709 e. The molecule has 0 fully saturated rings. The summed E-state index contributed by atoms with van der Waals surface area (Å²) in [5, 5.41) is 12.5. The highest BCUT2D eigenvalue weighted by Gasteiger charge is 2.15. The van der Waals surface area contributed by atoms with Gasteiger partial charge in [-0.3, -0.25) is 0 Å². The van der Waals surface area contributed by atoms with E-state index in [4.69, 9.17) is 0 Å². The topological polar surface area (TPSA) is 24.1 Å². The Labute approximate surface area is 215 Å². The van der Waals surface area contributed by atoms with Crippen LogP contribution in [0, 0.1) is 0 Å². The number of hydrogen-bond acceptors (Lipinski definition) is 2. The van der Waals surface area contributed by atoms with E-state index in [2.05, 4.69) is 122 Å². The van der Waals surface area contributed by atoms with E-state index in [0.717, 1.165) is 35.6 Å². The van der Waals surface area contributed by atoms with Crippen LogP contribution in [0.3, 0.4) is 0 Å². The van der Waals surface area contributed by atoms with Gasteiger partial charge in [-0.05, 0) is 71.8 Å². The number of anilines is 4. The maximum Gasteiger partial charge on any atom is 0.0709 e. The van der Waals surface area contributed by atoms with Crippen LogP contribution in [0.5, 0.6) is 0 Å². The Kier molecular flexibility index (Phi) is 7.52. The molecule has 5 aromatic rings. The maximum absolute atomic E-state index is 3.79. The normalized spacial score (nSPS) is 11.2. The van der Waals surface area contributed by atoms with Crippen molar-refractivity contribution in [2.24, 2.45) is 0 Å². The van der Waals surface area contributed by atoms with Crippen LogP contribution < -0.4 is 10.6 Å². The summed E-state index contributed by atoms with van der Waals surface area (Å²) in [5.41, 5.74) is 7.23. The Morgan fingerprint density at radius 1 is 0.444 bits per heavy atom. The summed E-state index contributed by atoms with van der Waals surface area (Å²) >= 11 is 0. The highest BCUT2D eigenvalue weighted by Crippen LogP contribution is 2.42. The predicted octanol–water partition coefficient (Wildman–Crippen LogP) is 10.2. The Bertz CT molecular complexity index is 1320. The Hall–Kier alpha value is -3.78. The average molecular weight is 473 g/mol. The van der Waals surface area contributed by atoms with Crippen molar-refractivity contribution in [2.45, 2.75) is 52.4 Å². The standard InChI is InChI=1S/C34H36N2/c1-3-5-11-25-17-21-27(22-18-25)35-33-31-15-9-7-13-29(31)30-14-8-10-16-32(30)34(33)36-28-23-19-26(20-24-28)12-6-4-2/h7-10,13-24,35-36H,3-6,11-12H2,1-2H3. The third kappa shape index (κ3) is 5.23. The molecule has 5 rings (SSSR count). The van der Waals surface area contributed by atoms with Gasteiger partial charge < -0.3 is 10.6 Å². The van der Waals surface area contributed by atoms with Gasteiger partial charge in [0.1, 0.15) is 0 Å². The second kappa shape index (κ2) is 11.3. The summed E-state index contributed by atoms with van der Waals surface area (Å²) in [6.45, 7) is 4.49. The molecule has 0 spiro atoms. The van der Waals surface area contributed by atoms with Crippen molar-refractivity contribution in [3.8, 4) is 0 Å². The number of nitrogens with one attached hydrogen (secondary N) is 2. The fourth-order valence-corrected chi connectivity index (χ4v) is 4.96. The number of benzene rings is 5. The average Bonchev–Trinajstić information content (AvgIpc) is 2.94. The summed E-state index contributed by atoms with van der Waals surface area (Å²) in [4.78, 5) is 0. The highest BCUT2D eigenvalue weighted by molar-refractivity contribution is 6.21. The van der Waals surface area contributed by atoms with E-state index < -0.39 is 0 Å². The third-order valence-electron chi connectivity index (χ3n) is 7.02. The molecular weight excluding hydrogens is 436 g/mol. The molecule has 0 aliphatic carbocycles. The molecule has 0 amide bonds. The second-order valence-corrected chi connectivity index (χ2v) is 9.69. The number of aryl methyl sites for hydroxylation is 2. The summed E-state index contributed by atoms with van der Waals surface area (Å²) in [6, 6.07) is 35.3. The molecule has 0 heterocycles. The molecule has 2 N–H and O–H groups in total. The third-order valence-corrected chi connectivity index (χ3v) is 7.02. The van der Waals surface area contributed by atoms with E-state index in [-0.39, 0.29) is 0 Å². The fourth-order valence-electron chi connectivity index (χ4n) is 4.96. The number of fused-ring (bicyclic) bond motifs is 3. The van der Waals surface area contributed by atoms with Crippen LogP contribution in [-0.4, -0.2) is 0 Å². The molecule has 0 atom stereocenters. The zero-order valence-corrected chi connectivity index (χ0v) is 21.5. The summed E-state index contributed by atoms with van der Waals surface area (Å²) in [7, 11) is 0. The maximum atomic E-state index is 3.79. The van der Waals surface area contributed by atoms with Crippen LogP contribution in [-0.2, 0) is 12.8 Å². The van der Waals surface area contributed by atoms with E-state index in [0.29, 0.717) is 0 Å². The minimum Gasteiger partial charge on any atom is -0.353 e. The molecule has 0 saturated heterocycles. The van der Waals surface area contributed by atoms with Gasteiger partial charge in [0.15, 0.2) is 0 Å². The molecule has 2 nitrogen and oxygen atoms in total. The Morgan fingerprint density at radius 2 is 0.806 bits per heavy atom. The molecule has 5 aromatic carbocycles.